The number of carbonyl (C=O) groups is 1. The van der Waals surface area contributed by atoms with Crippen molar-refractivity contribution < 1.29 is 18.4 Å². The van der Waals surface area contributed by atoms with Crippen LogP contribution in [0.2, 0.25) is 5.02 Å². The van der Waals surface area contributed by atoms with E-state index in [1.807, 2.05) is 0 Å². The Bertz CT molecular complexity index is 1630. The SMILES string of the molecule is COc1cc(-c2cccc(Cl)c2)cc(F)c1-n1c(=O)ccc2cc(C(=O)Nc3ccon3)ccc21. The normalized spacial score (nSPS) is 10.9. The molecule has 0 atom stereocenters. The van der Waals surface area contributed by atoms with Crippen LogP contribution in [0.3, 0.4) is 0 Å². The van der Waals surface area contributed by atoms with E-state index in [1.54, 1.807) is 54.6 Å². The van der Waals surface area contributed by atoms with Crippen LogP contribution in [-0.4, -0.2) is 22.7 Å². The highest BCUT2D eigenvalue weighted by Crippen LogP contribution is 2.34. The number of fused-ring (bicyclic) bond motifs is 1. The molecule has 7 nitrogen and oxygen atoms in total. The van der Waals surface area contributed by atoms with Crippen molar-refractivity contribution >= 4 is 34.2 Å². The van der Waals surface area contributed by atoms with Crippen molar-refractivity contribution in [2.45, 2.75) is 0 Å². The summed E-state index contributed by atoms with van der Waals surface area (Å²) in [6.45, 7) is 0. The lowest BCUT2D eigenvalue weighted by molar-refractivity contribution is 0.102. The van der Waals surface area contributed by atoms with Crippen molar-refractivity contribution in [1.29, 1.82) is 0 Å². The number of halogens is 2. The summed E-state index contributed by atoms with van der Waals surface area (Å²) in [5.74, 6) is -0.621. The smallest absolute Gasteiger partial charge is 0.256 e. The van der Waals surface area contributed by atoms with E-state index in [0.29, 0.717) is 32.6 Å². The molecule has 0 unspecified atom stereocenters. The van der Waals surface area contributed by atoms with Gasteiger partial charge in [0.25, 0.3) is 11.5 Å². The topological polar surface area (TPSA) is 86.4 Å². The molecule has 0 bridgehead atoms. The van der Waals surface area contributed by atoms with Crippen LogP contribution in [0, 0.1) is 5.82 Å². The van der Waals surface area contributed by atoms with E-state index in [4.69, 9.17) is 20.9 Å². The molecule has 1 N–H and O–H groups in total. The third-order valence-electron chi connectivity index (χ3n) is 5.47. The average molecular weight is 490 g/mol. The predicted octanol–water partition coefficient (Wildman–Crippen LogP) is 5.70. The van der Waals surface area contributed by atoms with Crippen LogP contribution >= 0.6 is 11.6 Å². The number of amides is 1. The molecule has 0 saturated carbocycles. The van der Waals surface area contributed by atoms with Gasteiger partial charge in [0, 0.05) is 22.7 Å². The van der Waals surface area contributed by atoms with Crippen LogP contribution in [0.1, 0.15) is 10.4 Å². The quantitative estimate of drug-likeness (QED) is 0.342. The Balaban J connectivity index is 1.63. The van der Waals surface area contributed by atoms with E-state index in [0.717, 1.165) is 0 Å². The summed E-state index contributed by atoms with van der Waals surface area (Å²) in [4.78, 5) is 25.5. The molecule has 5 aromatic rings. The van der Waals surface area contributed by atoms with Gasteiger partial charge in [-0.05, 0) is 65.0 Å². The van der Waals surface area contributed by atoms with Gasteiger partial charge in [-0.15, -0.1) is 0 Å². The number of hydrogen-bond donors (Lipinski definition) is 1. The number of benzene rings is 3. The number of nitrogens with zero attached hydrogens (tertiary/aromatic N) is 2. The predicted molar refractivity (Wildman–Crippen MR) is 131 cm³/mol. The van der Waals surface area contributed by atoms with Crippen molar-refractivity contribution in [3.63, 3.8) is 0 Å². The fourth-order valence-electron chi connectivity index (χ4n) is 3.86. The molecular formula is C26H17ClFN3O4. The summed E-state index contributed by atoms with van der Waals surface area (Å²) >= 11 is 6.09. The molecule has 0 aliphatic carbocycles. The van der Waals surface area contributed by atoms with Crippen molar-refractivity contribution in [2.75, 3.05) is 12.4 Å². The van der Waals surface area contributed by atoms with Crippen LogP contribution in [0.15, 0.2) is 88.4 Å². The molecule has 174 valence electrons. The van der Waals surface area contributed by atoms with Crippen molar-refractivity contribution in [1.82, 2.24) is 9.72 Å². The first-order chi connectivity index (χ1) is 16.9. The minimum absolute atomic E-state index is 0.0336. The zero-order valence-corrected chi connectivity index (χ0v) is 19.0. The van der Waals surface area contributed by atoms with Crippen LogP contribution in [0.4, 0.5) is 10.2 Å². The summed E-state index contributed by atoms with van der Waals surface area (Å²) in [7, 11) is 1.41. The lowest BCUT2D eigenvalue weighted by Crippen LogP contribution is -2.20. The van der Waals surface area contributed by atoms with E-state index in [9.17, 15) is 9.59 Å². The second-order valence-corrected chi connectivity index (χ2v) is 8.08. The summed E-state index contributed by atoms with van der Waals surface area (Å²) in [6.07, 6.45) is 1.34. The highest BCUT2D eigenvalue weighted by atomic mass is 35.5. The Morgan fingerprint density at radius 2 is 1.91 bits per heavy atom. The summed E-state index contributed by atoms with van der Waals surface area (Å²) in [6, 6.07) is 19.1. The highest BCUT2D eigenvalue weighted by Gasteiger charge is 2.19. The van der Waals surface area contributed by atoms with Crippen molar-refractivity contribution in [2.24, 2.45) is 0 Å². The zero-order chi connectivity index (χ0) is 24.5. The van der Waals surface area contributed by atoms with Gasteiger partial charge < -0.3 is 14.6 Å². The minimum Gasteiger partial charge on any atom is -0.494 e. The van der Waals surface area contributed by atoms with Crippen molar-refractivity contribution in [3.8, 4) is 22.6 Å². The molecule has 9 heteroatoms. The van der Waals surface area contributed by atoms with E-state index in [1.165, 1.54) is 36.1 Å². The first kappa shape index (κ1) is 22.4. The van der Waals surface area contributed by atoms with Crippen LogP contribution in [0.5, 0.6) is 5.75 Å². The molecule has 0 fully saturated rings. The Morgan fingerprint density at radius 1 is 1.06 bits per heavy atom. The standard InChI is InChI=1S/C26H17ClFN3O4/c1-34-22-14-18(15-3-2-4-19(27)12-15)13-20(28)25(22)31-21-7-5-17(11-16(21)6-8-24(31)32)26(33)29-23-9-10-35-30-23/h2-14H,1H3,(H,29,30,33). The van der Waals surface area contributed by atoms with Gasteiger partial charge in [0.2, 0.25) is 0 Å². The monoisotopic (exact) mass is 489 g/mol. The Kier molecular flexibility index (Phi) is 5.80. The number of nitrogens with one attached hydrogen (secondary N) is 1. The van der Waals surface area contributed by atoms with E-state index >= 15 is 4.39 Å². The number of rotatable bonds is 5. The van der Waals surface area contributed by atoms with E-state index < -0.39 is 17.3 Å². The second kappa shape index (κ2) is 9.08. The lowest BCUT2D eigenvalue weighted by atomic mass is 10.0. The summed E-state index contributed by atoms with van der Waals surface area (Å²) in [5, 5.41) is 7.34. The zero-order valence-electron chi connectivity index (χ0n) is 18.3. The van der Waals surface area contributed by atoms with Gasteiger partial charge in [0.1, 0.15) is 17.7 Å². The molecule has 0 aliphatic heterocycles. The van der Waals surface area contributed by atoms with Crippen LogP contribution in [-0.2, 0) is 0 Å². The molecule has 0 spiro atoms. The minimum atomic E-state index is -0.651. The molecule has 2 aromatic heterocycles. The average Bonchev–Trinajstić information content (AvgIpc) is 3.37. The number of carbonyl (C=O) groups excluding carboxylic acids is 1. The second-order valence-electron chi connectivity index (χ2n) is 7.64. The first-order valence-corrected chi connectivity index (χ1v) is 10.8. The number of methoxy groups -OCH3 is 1. The van der Waals surface area contributed by atoms with Crippen LogP contribution < -0.4 is 15.6 Å². The Morgan fingerprint density at radius 3 is 2.66 bits per heavy atom. The molecule has 3 aromatic carbocycles. The van der Waals surface area contributed by atoms with E-state index in [-0.39, 0.29) is 17.3 Å². The molecular weight excluding hydrogens is 473 g/mol. The number of aromatic nitrogens is 2. The number of ether oxygens (including phenoxy) is 1. The third kappa shape index (κ3) is 4.27. The molecule has 35 heavy (non-hydrogen) atoms. The van der Waals surface area contributed by atoms with Gasteiger partial charge in [-0.25, -0.2) is 4.39 Å². The fraction of sp³-hybridized carbons (Fsp3) is 0.0385. The Hall–Kier alpha value is -4.43. The van der Waals surface area contributed by atoms with Crippen molar-refractivity contribution in [3.05, 3.63) is 106 Å². The molecule has 5 rings (SSSR count). The summed E-state index contributed by atoms with van der Waals surface area (Å²) < 4.78 is 27.0. The maximum atomic E-state index is 15.5. The third-order valence-corrected chi connectivity index (χ3v) is 5.70. The van der Waals surface area contributed by atoms with Gasteiger partial charge in [0.05, 0.1) is 12.6 Å². The molecule has 0 saturated heterocycles. The highest BCUT2D eigenvalue weighted by molar-refractivity contribution is 6.30. The van der Waals surface area contributed by atoms with Gasteiger partial charge >= 0.3 is 0 Å². The molecule has 0 radical (unpaired) electrons. The van der Waals surface area contributed by atoms with Crippen LogP contribution in [0.25, 0.3) is 27.7 Å². The molecule has 2 heterocycles. The lowest BCUT2D eigenvalue weighted by Gasteiger charge is -2.17. The largest absolute Gasteiger partial charge is 0.494 e. The number of anilines is 1. The van der Waals surface area contributed by atoms with Gasteiger partial charge in [-0.1, -0.05) is 28.9 Å². The first-order valence-electron chi connectivity index (χ1n) is 10.5. The number of pyridine rings is 1. The maximum absolute atomic E-state index is 15.5. The maximum Gasteiger partial charge on any atom is 0.256 e. The number of hydrogen-bond acceptors (Lipinski definition) is 5. The van der Waals surface area contributed by atoms with E-state index in [2.05, 4.69) is 10.5 Å². The van der Waals surface area contributed by atoms with Gasteiger partial charge in [-0.2, -0.15) is 0 Å². The molecule has 1 amide bonds. The van der Waals surface area contributed by atoms with Gasteiger partial charge in [-0.3, -0.25) is 14.2 Å². The summed E-state index contributed by atoms with van der Waals surface area (Å²) in [5.41, 5.74) is 1.50. The molecule has 0 aliphatic rings. The Labute approximate surface area is 203 Å². The fourth-order valence-corrected chi connectivity index (χ4v) is 4.05. The van der Waals surface area contributed by atoms with Gasteiger partial charge in [0.15, 0.2) is 11.6 Å².